The van der Waals surface area contributed by atoms with Crippen molar-refractivity contribution in [2.24, 2.45) is 0 Å². The molecule has 34 heavy (non-hydrogen) atoms. The Morgan fingerprint density at radius 3 is 2.65 bits per heavy atom. The minimum Gasteiger partial charge on any atom is -0.456 e. The van der Waals surface area contributed by atoms with Crippen LogP contribution in [0.15, 0.2) is 59.4 Å². The molecule has 2 aromatic carbocycles. The first-order valence-electron chi connectivity index (χ1n) is 11.2. The van der Waals surface area contributed by atoms with Gasteiger partial charge >= 0.3 is 5.97 Å². The summed E-state index contributed by atoms with van der Waals surface area (Å²) in [6.07, 6.45) is 4.09. The predicted molar refractivity (Wildman–Crippen MR) is 131 cm³/mol. The SMILES string of the molecule is Cc1cccc(C(=O)Nc2ccc(C(=O)OCc3cc(=O)n4c5c(sc4n3)CCCC5)cc2)c1. The summed E-state index contributed by atoms with van der Waals surface area (Å²) in [5.41, 5.74) is 3.85. The van der Waals surface area contributed by atoms with Crippen LogP contribution in [-0.2, 0) is 24.2 Å². The monoisotopic (exact) mass is 473 g/mol. The average Bonchev–Trinajstić information content (AvgIpc) is 3.22. The Hall–Kier alpha value is -3.78. The number of nitrogens with zero attached hydrogens (tertiary/aromatic N) is 2. The van der Waals surface area contributed by atoms with Crippen molar-refractivity contribution >= 4 is 33.9 Å². The molecule has 4 aromatic rings. The number of benzene rings is 2. The number of hydrogen-bond acceptors (Lipinski definition) is 6. The average molecular weight is 474 g/mol. The zero-order valence-corrected chi connectivity index (χ0v) is 19.5. The lowest BCUT2D eigenvalue weighted by molar-refractivity contribution is 0.0467. The number of thiazole rings is 1. The van der Waals surface area contributed by atoms with Crippen LogP contribution in [0.1, 0.15) is 55.4 Å². The number of hydrogen-bond donors (Lipinski definition) is 1. The lowest BCUT2D eigenvalue weighted by Crippen LogP contribution is -2.18. The first-order chi connectivity index (χ1) is 16.5. The summed E-state index contributed by atoms with van der Waals surface area (Å²) in [6.45, 7) is 1.84. The minimum atomic E-state index is -0.524. The van der Waals surface area contributed by atoms with Crippen molar-refractivity contribution in [3.8, 4) is 0 Å². The maximum absolute atomic E-state index is 12.6. The van der Waals surface area contributed by atoms with Crippen molar-refractivity contribution in [2.45, 2.75) is 39.2 Å². The van der Waals surface area contributed by atoms with E-state index in [4.69, 9.17) is 4.74 Å². The molecule has 7 nitrogen and oxygen atoms in total. The topological polar surface area (TPSA) is 89.8 Å². The molecule has 0 aliphatic heterocycles. The van der Waals surface area contributed by atoms with Gasteiger partial charge in [0.25, 0.3) is 11.5 Å². The fourth-order valence-electron chi connectivity index (χ4n) is 4.12. The highest BCUT2D eigenvalue weighted by molar-refractivity contribution is 7.17. The van der Waals surface area contributed by atoms with Gasteiger partial charge in [0, 0.05) is 27.9 Å². The lowest BCUT2D eigenvalue weighted by atomic mass is 10.0. The van der Waals surface area contributed by atoms with E-state index in [1.165, 1.54) is 10.9 Å². The molecule has 1 N–H and O–H groups in total. The van der Waals surface area contributed by atoms with Crippen molar-refractivity contribution in [3.63, 3.8) is 0 Å². The zero-order valence-electron chi connectivity index (χ0n) is 18.7. The molecule has 0 saturated heterocycles. The van der Waals surface area contributed by atoms with Crippen LogP contribution in [0, 0.1) is 6.92 Å². The van der Waals surface area contributed by atoms with Gasteiger partial charge in [-0.05, 0) is 69.0 Å². The van der Waals surface area contributed by atoms with Gasteiger partial charge in [0.15, 0.2) is 4.96 Å². The Labute approximate surface area is 200 Å². The molecule has 0 fully saturated rings. The van der Waals surface area contributed by atoms with Crippen molar-refractivity contribution in [1.29, 1.82) is 0 Å². The largest absolute Gasteiger partial charge is 0.456 e. The number of esters is 1. The number of amides is 1. The maximum Gasteiger partial charge on any atom is 0.338 e. The van der Waals surface area contributed by atoms with Crippen LogP contribution in [0.5, 0.6) is 0 Å². The molecule has 0 unspecified atom stereocenters. The molecule has 5 rings (SSSR count). The minimum absolute atomic E-state index is 0.0843. The third kappa shape index (κ3) is 4.49. The maximum atomic E-state index is 12.6. The summed E-state index contributed by atoms with van der Waals surface area (Å²) in [7, 11) is 0. The van der Waals surface area contributed by atoms with Gasteiger partial charge in [-0.15, -0.1) is 11.3 Å². The van der Waals surface area contributed by atoms with E-state index in [1.54, 1.807) is 46.1 Å². The van der Waals surface area contributed by atoms with Gasteiger partial charge < -0.3 is 10.1 Å². The molecule has 1 aliphatic carbocycles. The van der Waals surface area contributed by atoms with Gasteiger partial charge in [-0.1, -0.05) is 17.7 Å². The van der Waals surface area contributed by atoms with E-state index in [-0.39, 0.29) is 18.1 Å². The molecule has 2 aromatic heterocycles. The van der Waals surface area contributed by atoms with Gasteiger partial charge in [-0.2, -0.15) is 0 Å². The van der Waals surface area contributed by atoms with E-state index in [9.17, 15) is 14.4 Å². The number of carbonyl (C=O) groups excluding carboxylic acids is 2. The number of fused-ring (bicyclic) bond motifs is 3. The van der Waals surface area contributed by atoms with Crippen LogP contribution < -0.4 is 10.9 Å². The van der Waals surface area contributed by atoms with E-state index in [1.807, 2.05) is 25.1 Å². The first-order valence-corrected chi connectivity index (χ1v) is 12.0. The Balaban J connectivity index is 1.24. The number of nitrogens with one attached hydrogen (secondary N) is 1. The fraction of sp³-hybridized carbons (Fsp3) is 0.231. The van der Waals surface area contributed by atoms with Gasteiger partial charge in [-0.3, -0.25) is 14.0 Å². The third-order valence-corrected chi connectivity index (χ3v) is 6.97. The highest BCUT2D eigenvalue weighted by atomic mass is 32.1. The number of ether oxygens (including phenoxy) is 1. The smallest absolute Gasteiger partial charge is 0.338 e. The van der Waals surface area contributed by atoms with Crippen LogP contribution in [0.3, 0.4) is 0 Å². The molecular weight excluding hydrogens is 450 g/mol. The Morgan fingerprint density at radius 1 is 1.06 bits per heavy atom. The molecule has 0 spiro atoms. The summed E-state index contributed by atoms with van der Waals surface area (Å²) in [6, 6.07) is 15.2. The number of carbonyl (C=O) groups is 2. The van der Waals surface area contributed by atoms with E-state index in [0.717, 1.165) is 36.9 Å². The highest BCUT2D eigenvalue weighted by Crippen LogP contribution is 2.28. The molecule has 2 heterocycles. The summed E-state index contributed by atoms with van der Waals surface area (Å²) >= 11 is 1.54. The summed E-state index contributed by atoms with van der Waals surface area (Å²) in [4.78, 5) is 44.0. The Bertz CT molecular complexity index is 1450. The summed E-state index contributed by atoms with van der Waals surface area (Å²) in [5.74, 6) is -0.744. The van der Waals surface area contributed by atoms with E-state index in [0.29, 0.717) is 27.5 Å². The normalized spacial score (nSPS) is 12.9. The van der Waals surface area contributed by atoms with Crippen LogP contribution in [0.2, 0.25) is 0 Å². The molecule has 0 bridgehead atoms. The first kappa shape index (κ1) is 22.0. The second-order valence-electron chi connectivity index (χ2n) is 8.36. The van der Waals surface area contributed by atoms with Gasteiger partial charge in [0.05, 0.1) is 11.3 Å². The van der Waals surface area contributed by atoms with Gasteiger partial charge in [0.2, 0.25) is 0 Å². The molecule has 0 saturated carbocycles. The van der Waals surface area contributed by atoms with Crippen LogP contribution >= 0.6 is 11.3 Å². The van der Waals surface area contributed by atoms with Crippen LogP contribution in [0.4, 0.5) is 5.69 Å². The number of rotatable bonds is 5. The molecule has 8 heteroatoms. The molecule has 1 aliphatic rings. The van der Waals surface area contributed by atoms with E-state index in [2.05, 4.69) is 10.3 Å². The zero-order chi connectivity index (χ0) is 23.7. The van der Waals surface area contributed by atoms with Crippen molar-refractivity contribution in [1.82, 2.24) is 9.38 Å². The molecular formula is C26H23N3O4S. The lowest BCUT2D eigenvalue weighted by Gasteiger charge is -2.10. The van der Waals surface area contributed by atoms with Gasteiger partial charge in [0.1, 0.15) is 6.61 Å². The molecule has 172 valence electrons. The third-order valence-electron chi connectivity index (χ3n) is 5.82. The summed E-state index contributed by atoms with van der Waals surface area (Å²) < 4.78 is 7.08. The second kappa shape index (κ2) is 9.23. The van der Waals surface area contributed by atoms with Crippen molar-refractivity contribution in [3.05, 3.63) is 97.9 Å². The molecule has 0 atom stereocenters. The Morgan fingerprint density at radius 2 is 1.85 bits per heavy atom. The van der Waals surface area contributed by atoms with Gasteiger partial charge in [-0.25, -0.2) is 9.78 Å². The standard InChI is InChI=1S/C26H23N3O4S/c1-16-5-4-6-18(13-16)24(31)27-19-11-9-17(10-12-19)25(32)33-15-20-14-23(30)29-21-7-2-3-8-22(21)34-26(29)28-20/h4-6,9-14H,2-3,7-8,15H2,1H3,(H,27,31). The highest BCUT2D eigenvalue weighted by Gasteiger charge is 2.19. The quantitative estimate of drug-likeness (QED) is 0.430. The molecule has 1 amide bonds. The van der Waals surface area contributed by atoms with Crippen LogP contribution in [0.25, 0.3) is 4.96 Å². The van der Waals surface area contributed by atoms with Crippen LogP contribution in [-0.4, -0.2) is 21.3 Å². The van der Waals surface area contributed by atoms with E-state index < -0.39 is 5.97 Å². The van der Waals surface area contributed by atoms with Crippen molar-refractivity contribution in [2.75, 3.05) is 5.32 Å². The number of anilines is 1. The van der Waals surface area contributed by atoms with E-state index >= 15 is 0 Å². The second-order valence-corrected chi connectivity index (χ2v) is 9.42. The fourth-order valence-corrected chi connectivity index (χ4v) is 5.35. The number of aryl methyl sites for hydroxylation is 3. The Kier molecular flexibility index (Phi) is 5.98. The van der Waals surface area contributed by atoms with Crippen molar-refractivity contribution < 1.29 is 14.3 Å². The predicted octanol–water partition coefficient (Wildman–Crippen LogP) is 4.55. The summed E-state index contributed by atoms with van der Waals surface area (Å²) in [5, 5.41) is 2.82. The number of aromatic nitrogens is 2. The molecule has 0 radical (unpaired) electrons.